The zero-order chi connectivity index (χ0) is 17.3. The van der Waals surface area contributed by atoms with E-state index < -0.39 is 12.1 Å². The molecule has 0 unspecified atom stereocenters. The number of rotatable bonds is 1. The van der Waals surface area contributed by atoms with E-state index in [1.807, 2.05) is 0 Å². The van der Waals surface area contributed by atoms with Gasteiger partial charge in [0.15, 0.2) is 0 Å². The van der Waals surface area contributed by atoms with Gasteiger partial charge in [-0.2, -0.15) is 13.2 Å². The van der Waals surface area contributed by atoms with Crippen LogP contribution < -0.4 is 5.32 Å². The smallest absolute Gasteiger partial charge is 0.475 e. The number of ether oxygens (including phenoxy) is 1. The first-order chi connectivity index (χ1) is 10.7. The number of aryl methyl sites for hydroxylation is 1. The lowest BCUT2D eigenvalue weighted by atomic mass is 9.80. The van der Waals surface area contributed by atoms with Crippen molar-refractivity contribution < 1.29 is 27.8 Å². The number of halogens is 3. The van der Waals surface area contributed by atoms with E-state index in [1.54, 1.807) is 0 Å². The largest absolute Gasteiger partial charge is 0.490 e. The summed E-state index contributed by atoms with van der Waals surface area (Å²) in [6.45, 7) is 7.27. The Kier molecular flexibility index (Phi) is 5.01. The second-order valence-electron chi connectivity index (χ2n) is 5.93. The highest BCUT2D eigenvalue weighted by Gasteiger charge is 2.44. The minimum Gasteiger partial charge on any atom is -0.475 e. The van der Waals surface area contributed by atoms with Crippen molar-refractivity contribution in [2.24, 2.45) is 0 Å². The predicted molar refractivity (Wildman–Crippen MR) is 78.3 cm³/mol. The lowest BCUT2D eigenvalue weighted by molar-refractivity contribution is -0.192. The first-order valence-electron chi connectivity index (χ1n) is 7.44. The fourth-order valence-electron chi connectivity index (χ4n) is 3.12. The third kappa shape index (κ3) is 3.67. The molecule has 2 heterocycles. The van der Waals surface area contributed by atoms with Gasteiger partial charge in [-0.3, -0.25) is 0 Å². The number of carboxylic acid groups (broad SMARTS) is 1. The van der Waals surface area contributed by atoms with E-state index in [2.05, 4.69) is 37.4 Å². The Bertz CT molecular complexity index is 588. The average molecular weight is 331 g/mol. The third-order valence-corrected chi connectivity index (χ3v) is 4.42. The zero-order valence-electron chi connectivity index (χ0n) is 13.0. The minimum absolute atomic E-state index is 0.0133. The highest BCUT2D eigenvalue weighted by Crippen LogP contribution is 2.42. The molecule has 1 aromatic rings. The van der Waals surface area contributed by atoms with Gasteiger partial charge < -0.3 is 15.2 Å². The number of carboxylic acids is 1. The van der Waals surface area contributed by atoms with Crippen molar-refractivity contribution in [3.63, 3.8) is 0 Å². The average Bonchev–Trinajstić information content (AvgIpc) is 2.88. The number of aliphatic carboxylic acids is 1. The molecular weight excluding hydrogens is 311 g/mol. The van der Waals surface area contributed by atoms with E-state index in [9.17, 15) is 13.2 Å². The molecule has 2 aliphatic rings. The third-order valence-electron chi connectivity index (χ3n) is 4.42. The predicted octanol–water partition coefficient (Wildman–Crippen LogP) is 2.86. The monoisotopic (exact) mass is 331 g/mol. The molecule has 0 bridgehead atoms. The van der Waals surface area contributed by atoms with Crippen LogP contribution in [0.4, 0.5) is 13.2 Å². The Labute approximate surface area is 132 Å². The Hall–Kier alpha value is -1.60. The van der Waals surface area contributed by atoms with Crippen LogP contribution in [0.1, 0.15) is 36.5 Å². The first-order valence-corrected chi connectivity index (χ1v) is 7.44. The standard InChI is InChI=1S/C14H19NO.C2HF3O2/c1-3-10-5-4-6-11-12(10)8-16-14(2)9-15-7-13(11)14;3-2(4,5)1(6)7/h4-6,13,15H,3,7-9H2,1-2H3;(H,6,7)/t13-,14+;/m0./s1. The summed E-state index contributed by atoms with van der Waals surface area (Å²) in [6, 6.07) is 6.71. The number of fused-ring (bicyclic) bond motifs is 3. The number of hydrogen-bond donors (Lipinski definition) is 2. The summed E-state index contributed by atoms with van der Waals surface area (Å²) in [5.74, 6) is -2.23. The van der Waals surface area contributed by atoms with Crippen LogP contribution in [0.15, 0.2) is 18.2 Å². The van der Waals surface area contributed by atoms with Gasteiger partial charge in [0.25, 0.3) is 0 Å². The molecule has 1 fully saturated rings. The van der Waals surface area contributed by atoms with Gasteiger partial charge >= 0.3 is 12.1 Å². The highest BCUT2D eigenvalue weighted by atomic mass is 19.4. The van der Waals surface area contributed by atoms with Crippen LogP contribution in [-0.2, 0) is 22.6 Å². The molecule has 0 aliphatic carbocycles. The van der Waals surface area contributed by atoms with Gasteiger partial charge in [-0.1, -0.05) is 25.1 Å². The van der Waals surface area contributed by atoms with Crippen LogP contribution in [0.25, 0.3) is 0 Å². The maximum absolute atomic E-state index is 10.6. The van der Waals surface area contributed by atoms with Gasteiger partial charge in [0.1, 0.15) is 0 Å². The van der Waals surface area contributed by atoms with Gasteiger partial charge in [-0.15, -0.1) is 0 Å². The molecule has 1 saturated heterocycles. The molecule has 0 saturated carbocycles. The fraction of sp³-hybridized carbons (Fsp3) is 0.562. The number of benzene rings is 1. The minimum atomic E-state index is -5.08. The number of alkyl halides is 3. The van der Waals surface area contributed by atoms with Crippen molar-refractivity contribution in [1.82, 2.24) is 5.32 Å². The second-order valence-corrected chi connectivity index (χ2v) is 5.93. The molecule has 0 radical (unpaired) electrons. The summed E-state index contributed by atoms with van der Waals surface area (Å²) in [7, 11) is 0. The summed E-state index contributed by atoms with van der Waals surface area (Å²) < 4.78 is 37.8. The topological polar surface area (TPSA) is 58.6 Å². The summed E-state index contributed by atoms with van der Waals surface area (Å²) in [5.41, 5.74) is 4.42. The molecule has 3 rings (SSSR count). The van der Waals surface area contributed by atoms with Crippen molar-refractivity contribution in [2.75, 3.05) is 13.1 Å². The Morgan fingerprint density at radius 1 is 1.48 bits per heavy atom. The van der Waals surface area contributed by atoms with Crippen LogP contribution >= 0.6 is 0 Å². The SMILES string of the molecule is CCc1cccc2c1CO[C@]1(C)CNC[C@@H]21.O=C(O)C(F)(F)F. The van der Waals surface area contributed by atoms with Gasteiger partial charge in [0.2, 0.25) is 0 Å². The lowest BCUT2D eigenvalue weighted by Gasteiger charge is -2.37. The van der Waals surface area contributed by atoms with Crippen LogP contribution in [0, 0.1) is 0 Å². The summed E-state index contributed by atoms with van der Waals surface area (Å²) in [6.07, 6.45) is -3.98. The molecule has 0 amide bonds. The molecule has 2 aliphatic heterocycles. The number of hydrogen-bond acceptors (Lipinski definition) is 3. The van der Waals surface area contributed by atoms with Crippen molar-refractivity contribution in [3.05, 3.63) is 34.9 Å². The number of carbonyl (C=O) groups is 1. The zero-order valence-corrected chi connectivity index (χ0v) is 13.0. The molecule has 1 aromatic carbocycles. The van der Waals surface area contributed by atoms with Crippen molar-refractivity contribution in [1.29, 1.82) is 0 Å². The van der Waals surface area contributed by atoms with E-state index >= 15 is 0 Å². The summed E-state index contributed by atoms with van der Waals surface area (Å²) >= 11 is 0. The van der Waals surface area contributed by atoms with Gasteiger partial charge in [0.05, 0.1) is 12.2 Å². The van der Waals surface area contributed by atoms with Gasteiger partial charge in [0, 0.05) is 19.0 Å². The Morgan fingerprint density at radius 2 is 2.13 bits per heavy atom. The maximum atomic E-state index is 10.6. The Balaban J connectivity index is 0.000000236. The molecule has 0 spiro atoms. The molecule has 128 valence electrons. The maximum Gasteiger partial charge on any atom is 0.490 e. The van der Waals surface area contributed by atoms with E-state index in [0.717, 1.165) is 26.1 Å². The molecule has 2 atom stereocenters. The molecule has 4 nitrogen and oxygen atoms in total. The fourth-order valence-corrected chi connectivity index (χ4v) is 3.12. The van der Waals surface area contributed by atoms with Crippen molar-refractivity contribution >= 4 is 5.97 Å². The van der Waals surface area contributed by atoms with Crippen molar-refractivity contribution in [2.45, 2.75) is 44.6 Å². The van der Waals surface area contributed by atoms with Crippen LogP contribution in [0.3, 0.4) is 0 Å². The Morgan fingerprint density at radius 3 is 2.70 bits per heavy atom. The first kappa shape index (κ1) is 17.7. The van der Waals surface area contributed by atoms with E-state index in [1.165, 1.54) is 16.7 Å². The van der Waals surface area contributed by atoms with E-state index in [-0.39, 0.29) is 5.60 Å². The second kappa shape index (κ2) is 6.49. The highest BCUT2D eigenvalue weighted by molar-refractivity contribution is 5.73. The molecule has 2 N–H and O–H groups in total. The lowest BCUT2D eigenvalue weighted by Crippen LogP contribution is -2.40. The van der Waals surface area contributed by atoms with Gasteiger partial charge in [-0.25, -0.2) is 4.79 Å². The van der Waals surface area contributed by atoms with Crippen LogP contribution in [0.5, 0.6) is 0 Å². The molecular formula is C16H20F3NO3. The summed E-state index contributed by atoms with van der Waals surface area (Å²) in [4.78, 5) is 8.90. The van der Waals surface area contributed by atoms with E-state index in [0.29, 0.717) is 5.92 Å². The molecule has 0 aromatic heterocycles. The number of nitrogens with one attached hydrogen (secondary N) is 1. The van der Waals surface area contributed by atoms with Gasteiger partial charge in [-0.05, 0) is 30.0 Å². The van der Waals surface area contributed by atoms with Crippen molar-refractivity contribution in [3.8, 4) is 0 Å². The van der Waals surface area contributed by atoms with Crippen LogP contribution in [0.2, 0.25) is 0 Å². The van der Waals surface area contributed by atoms with E-state index in [4.69, 9.17) is 14.6 Å². The van der Waals surface area contributed by atoms with Crippen LogP contribution in [-0.4, -0.2) is 35.9 Å². The molecule has 7 heteroatoms. The molecule has 23 heavy (non-hydrogen) atoms. The summed E-state index contributed by atoms with van der Waals surface area (Å²) in [5, 5.41) is 10.6. The normalized spacial score (nSPS) is 25.9. The quantitative estimate of drug-likeness (QED) is 0.831.